The van der Waals surface area contributed by atoms with Gasteiger partial charge in [0.15, 0.2) is 0 Å². The highest BCUT2D eigenvalue weighted by Gasteiger charge is 2.17. The number of nitrogens with one attached hydrogen (secondary N) is 1. The molecule has 4 heteroatoms. The van der Waals surface area contributed by atoms with Crippen molar-refractivity contribution in [3.63, 3.8) is 0 Å². The highest BCUT2D eigenvalue weighted by atomic mass is 35.5. The molecule has 1 aliphatic heterocycles. The third kappa shape index (κ3) is 2.20. The van der Waals surface area contributed by atoms with E-state index in [-0.39, 0.29) is 18.3 Å². The Labute approximate surface area is 59.9 Å². The largest absolute Gasteiger partial charge is 0.383 e. The number of hydrogen-bond donors (Lipinski definition) is 2. The normalized spacial score (nSPS) is 26.3. The van der Waals surface area contributed by atoms with Gasteiger partial charge in [0.2, 0.25) is 5.91 Å². The van der Waals surface area contributed by atoms with Crippen LogP contribution in [0.3, 0.4) is 0 Å². The summed E-state index contributed by atoms with van der Waals surface area (Å²) in [4.78, 5) is 10.4. The van der Waals surface area contributed by atoms with Crippen LogP contribution in [0.1, 0.15) is 12.8 Å². The Bertz CT molecular complexity index is 107. The maximum Gasteiger partial charge on any atom is 0.248 e. The lowest BCUT2D eigenvalue weighted by Crippen LogP contribution is -2.39. The molecular weight excluding hydrogens is 142 g/mol. The second-order valence-electron chi connectivity index (χ2n) is 1.95. The summed E-state index contributed by atoms with van der Waals surface area (Å²) in [6, 6.07) is 0. The number of carbonyl (C=O) groups excluding carboxylic acids is 1. The molecule has 1 rings (SSSR count). The molecule has 1 amide bonds. The monoisotopic (exact) mass is 151 g/mol. The Morgan fingerprint density at radius 1 is 1.67 bits per heavy atom. The van der Waals surface area contributed by atoms with Crippen LogP contribution < -0.4 is 5.32 Å². The molecule has 0 aromatic rings. The summed E-state index contributed by atoms with van der Waals surface area (Å²) in [5.74, 6) is -0.226. The van der Waals surface area contributed by atoms with Crippen LogP contribution in [-0.4, -0.2) is 23.7 Å². The molecule has 9 heavy (non-hydrogen) atoms. The first kappa shape index (κ1) is 8.72. The highest BCUT2D eigenvalue weighted by molar-refractivity contribution is 5.85. The zero-order valence-electron chi connectivity index (χ0n) is 4.96. The number of halogens is 1. The molecule has 0 radical (unpaired) electrons. The van der Waals surface area contributed by atoms with Gasteiger partial charge in [-0.25, -0.2) is 0 Å². The van der Waals surface area contributed by atoms with Crippen LogP contribution in [-0.2, 0) is 4.79 Å². The fourth-order valence-electron chi connectivity index (χ4n) is 0.756. The maximum absolute atomic E-state index is 10.4. The third-order valence-corrected chi connectivity index (χ3v) is 1.26. The summed E-state index contributed by atoms with van der Waals surface area (Å²) in [6.45, 7) is 0.718. The zero-order valence-corrected chi connectivity index (χ0v) is 5.78. The first-order valence-electron chi connectivity index (χ1n) is 2.76. The molecule has 0 spiro atoms. The van der Waals surface area contributed by atoms with Gasteiger partial charge in [0, 0.05) is 6.54 Å². The van der Waals surface area contributed by atoms with Gasteiger partial charge >= 0.3 is 0 Å². The van der Waals surface area contributed by atoms with Crippen molar-refractivity contribution in [2.45, 2.75) is 18.9 Å². The van der Waals surface area contributed by atoms with Crippen molar-refractivity contribution in [1.29, 1.82) is 0 Å². The van der Waals surface area contributed by atoms with E-state index in [9.17, 15) is 4.79 Å². The molecule has 1 saturated heterocycles. The van der Waals surface area contributed by atoms with Crippen molar-refractivity contribution in [2.24, 2.45) is 0 Å². The molecule has 1 heterocycles. The third-order valence-electron chi connectivity index (χ3n) is 1.26. The van der Waals surface area contributed by atoms with Crippen LogP contribution in [0.25, 0.3) is 0 Å². The molecule has 0 aromatic heterocycles. The summed E-state index contributed by atoms with van der Waals surface area (Å²) >= 11 is 0. The fourth-order valence-corrected chi connectivity index (χ4v) is 0.756. The maximum atomic E-state index is 10.4. The lowest BCUT2D eigenvalue weighted by atomic mass is 10.1. The number of aliphatic hydroxyl groups excluding tert-OH is 1. The Kier molecular flexibility index (Phi) is 3.58. The van der Waals surface area contributed by atoms with Crippen LogP contribution in [0.2, 0.25) is 0 Å². The Morgan fingerprint density at radius 2 is 2.33 bits per heavy atom. The van der Waals surface area contributed by atoms with Crippen LogP contribution in [0.4, 0.5) is 0 Å². The molecule has 0 aromatic carbocycles. The van der Waals surface area contributed by atoms with Crippen molar-refractivity contribution in [3.8, 4) is 0 Å². The van der Waals surface area contributed by atoms with Gasteiger partial charge in [0.05, 0.1) is 0 Å². The van der Waals surface area contributed by atoms with E-state index in [1.54, 1.807) is 0 Å². The number of hydrogen-bond acceptors (Lipinski definition) is 2. The summed E-state index contributed by atoms with van der Waals surface area (Å²) < 4.78 is 0. The summed E-state index contributed by atoms with van der Waals surface area (Å²) in [5.41, 5.74) is 0. The van der Waals surface area contributed by atoms with Gasteiger partial charge in [0.1, 0.15) is 6.10 Å². The molecule has 1 aliphatic rings. The van der Waals surface area contributed by atoms with Gasteiger partial charge in [-0.05, 0) is 12.8 Å². The average Bonchev–Trinajstić information content (AvgIpc) is 1.77. The highest BCUT2D eigenvalue weighted by Crippen LogP contribution is 2.00. The summed E-state index contributed by atoms with van der Waals surface area (Å²) in [5, 5.41) is 11.3. The lowest BCUT2D eigenvalue weighted by Gasteiger charge is -2.15. The molecule has 1 unspecified atom stereocenters. The van der Waals surface area contributed by atoms with E-state index in [0.717, 1.165) is 13.0 Å². The second-order valence-corrected chi connectivity index (χ2v) is 1.95. The van der Waals surface area contributed by atoms with E-state index in [1.807, 2.05) is 0 Å². The number of piperidine rings is 1. The first-order valence-corrected chi connectivity index (χ1v) is 2.76. The molecule has 2 N–H and O–H groups in total. The van der Waals surface area contributed by atoms with E-state index in [0.29, 0.717) is 6.42 Å². The first-order chi connectivity index (χ1) is 3.80. The number of aliphatic hydroxyl groups is 1. The van der Waals surface area contributed by atoms with Crippen LogP contribution >= 0.6 is 12.4 Å². The van der Waals surface area contributed by atoms with Crippen molar-refractivity contribution in [1.82, 2.24) is 5.32 Å². The van der Waals surface area contributed by atoms with Crippen molar-refractivity contribution in [3.05, 3.63) is 0 Å². The molecule has 0 saturated carbocycles. The van der Waals surface area contributed by atoms with E-state index in [2.05, 4.69) is 5.32 Å². The topological polar surface area (TPSA) is 49.3 Å². The van der Waals surface area contributed by atoms with E-state index < -0.39 is 6.10 Å². The summed E-state index contributed by atoms with van der Waals surface area (Å²) in [6.07, 6.45) is 0.766. The van der Waals surface area contributed by atoms with Gasteiger partial charge in [-0.3, -0.25) is 4.79 Å². The molecular formula is C5H10ClNO2. The predicted octanol–water partition coefficient (Wildman–Crippen LogP) is -0.321. The Morgan fingerprint density at radius 3 is 2.67 bits per heavy atom. The van der Waals surface area contributed by atoms with Crippen molar-refractivity contribution in [2.75, 3.05) is 6.54 Å². The second kappa shape index (κ2) is 3.69. The standard InChI is InChI=1S/C5H9NO2.ClH/c7-4-2-1-3-6-5(4)8;/h4,7H,1-3H2,(H,6,8);1H. The smallest absolute Gasteiger partial charge is 0.248 e. The molecule has 1 atom stereocenters. The number of amides is 1. The zero-order chi connectivity index (χ0) is 5.98. The Balaban J connectivity index is 0.000000640. The minimum atomic E-state index is -0.747. The van der Waals surface area contributed by atoms with Gasteiger partial charge in [-0.2, -0.15) is 0 Å². The average molecular weight is 152 g/mol. The Hall–Kier alpha value is -0.280. The SMILES string of the molecule is Cl.O=C1NCCCC1O. The number of carbonyl (C=O) groups is 1. The summed E-state index contributed by atoms with van der Waals surface area (Å²) in [7, 11) is 0. The molecule has 54 valence electrons. The van der Waals surface area contributed by atoms with Crippen molar-refractivity contribution >= 4 is 18.3 Å². The fraction of sp³-hybridized carbons (Fsp3) is 0.800. The van der Waals surface area contributed by atoms with Gasteiger partial charge in [0.25, 0.3) is 0 Å². The van der Waals surface area contributed by atoms with Gasteiger partial charge in [-0.1, -0.05) is 0 Å². The van der Waals surface area contributed by atoms with Gasteiger partial charge < -0.3 is 10.4 Å². The molecule has 0 bridgehead atoms. The lowest BCUT2D eigenvalue weighted by molar-refractivity contribution is -0.131. The van der Waals surface area contributed by atoms with Crippen LogP contribution in [0, 0.1) is 0 Å². The van der Waals surface area contributed by atoms with Gasteiger partial charge in [-0.15, -0.1) is 12.4 Å². The minimum Gasteiger partial charge on any atom is -0.383 e. The quantitative estimate of drug-likeness (QED) is 0.499. The molecule has 1 fully saturated rings. The van der Waals surface area contributed by atoms with Crippen molar-refractivity contribution < 1.29 is 9.90 Å². The van der Waals surface area contributed by atoms with Crippen LogP contribution in [0.5, 0.6) is 0 Å². The van der Waals surface area contributed by atoms with E-state index >= 15 is 0 Å². The molecule has 3 nitrogen and oxygen atoms in total. The number of rotatable bonds is 0. The van der Waals surface area contributed by atoms with E-state index in [1.165, 1.54) is 0 Å². The minimum absolute atomic E-state index is 0. The molecule has 0 aliphatic carbocycles. The predicted molar refractivity (Wildman–Crippen MR) is 35.5 cm³/mol. The van der Waals surface area contributed by atoms with Crippen LogP contribution in [0.15, 0.2) is 0 Å². The van der Waals surface area contributed by atoms with E-state index in [4.69, 9.17) is 5.11 Å².